The molecule has 0 saturated carbocycles. The van der Waals surface area contributed by atoms with E-state index in [2.05, 4.69) is 5.32 Å². The van der Waals surface area contributed by atoms with Crippen molar-refractivity contribution >= 4 is 33.3 Å². The van der Waals surface area contributed by atoms with Gasteiger partial charge in [0, 0.05) is 12.7 Å². The highest BCUT2D eigenvalue weighted by atomic mass is 32.2. The summed E-state index contributed by atoms with van der Waals surface area (Å²) in [5.41, 5.74) is 1.36. The standard InChI is InChI=1S/C19H22N2O5S/c1-4-13-26-19(23)14-9-11-15(12-10-14)20-18(22)16-7-5-6-8-17(16)21(2)27(3,24)25/h5-12H,4,13H2,1-3H3,(H,20,22). The maximum Gasteiger partial charge on any atom is 0.338 e. The van der Waals surface area contributed by atoms with Gasteiger partial charge in [-0.1, -0.05) is 19.1 Å². The lowest BCUT2D eigenvalue weighted by atomic mass is 10.1. The van der Waals surface area contributed by atoms with Crippen molar-refractivity contribution in [1.29, 1.82) is 0 Å². The first-order chi connectivity index (χ1) is 12.7. The van der Waals surface area contributed by atoms with Crippen LogP contribution in [0.4, 0.5) is 11.4 Å². The minimum Gasteiger partial charge on any atom is -0.462 e. The number of rotatable bonds is 7. The fourth-order valence-electron chi connectivity index (χ4n) is 2.29. The van der Waals surface area contributed by atoms with Gasteiger partial charge >= 0.3 is 5.97 Å². The first kappa shape index (κ1) is 20.4. The minimum absolute atomic E-state index is 0.219. The first-order valence-corrected chi connectivity index (χ1v) is 10.2. The number of anilines is 2. The Bertz CT molecular complexity index is 923. The van der Waals surface area contributed by atoms with E-state index in [0.29, 0.717) is 17.9 Å². The number of esters is 1. The van der Waals surface area contributed by atoms with Crippen LogP contribution in [0, 0.1) is 0 Å². The van der Waals surface area contributed by atoms with Crippen molar-refractivity contribution in [2.24, 2.45) is 0 Å². The highest BCUT2D eigenvalue weighted by molar-refractivity contribution is 7.92. The van der Waals surface area contributed by atoms with Gasteiger partial charge in [-0.3, -0.25) is 9.10 Å². The molecule has 0 unspecified atom stereocenters. The number of ether oxygens (including phenoxy) is 1. The number of para-hydroxylation sites is 1. The Morgan fingerprint density at radius 1 is 1.07 bits per heavy atom. The quantitative estimate of drug-likeness (QED) is 0.734. The molecule has 7 nitrogen and oxygen atoms in total. The fraction of sp³-hybridized carbons (Fsp3) is 0.263. The summed E-state index contributed by atoms with van der Waals surface area (Å²) < 4.78 is 29.7. The van der Waals surface area contributed by atoms with Crippen LogP contribution < -0.4 is 9.62 Å². The molecule has 1 N–H and O–H groups in total. The Hall–Kier alpha value is -2.87. The van der Waals surface area contributed by atoms with Gasteiger partial charge in [-0.15, -0.1) is 0 Å². The van der Waals surface area contributed by atoms with Crippen LogP contribution in [0.2, 0.25) is 0 Å². The van der Waals surface area contributed by atoms with Crippen LogP contribution in [-0.2, 0) is 14.8 Å². The van der Waals surface area contributed by atoms with Crippen molar-refractivity contribution in [1.82, 2.24) is 0 Å². The lowest BCUT2D eigenvalue weighted by molar-refractivity contribution is 0.0505. The number of carbonyl (C=O) groups excluding carboxylic acids is 2. The normalized spacial score (nSPS) is 10.9. The molecule has 2 aromatic carbocycles. The van der Waals surface area contributed by atoms with E-state index < -0.39 is 21.9 Å². The second-order valence-corrected chi connectivity index (χ2v) is 7.93. The van der Waals surface area contributed by atoms with E-state index in [1.807, 2.05) is 6.92 Å². The molecule has 0 aromatic heterocycles. The van der Waals surface area contributed by atoms with E-state index in [0.717, 1.165) is 17.0 Å². The molecule has 1 amide bonds. The van der Waals surface area contributed by atoms with E-state index in [1.54, 1.807) is 48.5 Å². The minimum atomic E-state index is -3.51. The van der Waals surface area contributed by atoms with Gasteiger partial charge < -0.3 is 10.1 Å². The summed E-state index contributed by atoms with van der Waals surface area (Å²) in [5, 5.41) is 2.70. The van der Waals surface area contributed by atoms with E-state index >= 15 is 0 Å². The number of benzene rings is 2. The Kier molecular flexibility index (Phi) is 6.57. The zero-order valence-corrected chi connectivity index (χ0v) is 16.2. The second-order valence-electron chi connectivity index (χ2n) is 5.92. The zero-order valence-electron chi connectivity index (χ0n) is 15.4. The monoisotopic (exact) mass is 390 g/mol. The number of nitrogens with zero attached hydrogens (tertiary/aromatic N) is 1. The maximum absolute atomic E-state index is 12.6. The molecule has 2 aromatic rings. The van der Waals surface area contributed by atoms with Crippen molar-refractivity contribution in [2.45, 2.75) is 13.3 Å². The molecule has 27 heavy (non-hydrogen) atoms. The largest absolute Gasteiger partial charge is 0.462 e. The molecule has 0 aliphatic heterocycles. The third-order valence-electron chi connectivity index (χ3n) is 3.80. The third-order valence-corrected chi connectivity index (χ3v) is 4.99. The average Bonchev–Trinajstić information content (AvgIpc) is 2.65. The Balaban J connectivity index is 2.18. The van der Waals surface area contributed by atoms with Crippen LogP contribution in [0.25, 0.3) is 0 Å². The van der Waals surface area contributed by atoms with Gasteiger partial charge in [-0.05, 0) is 42.8 Å². The van der Waals surface area contributed by atoms with Crippen molar-refractivity contribution in [3.8, 4) is 0 Å². The van der Waals surface area contributed by atoms with E-state index in [9.17, 15) is 18.0 Å². The molecule has 0 atom stereocenters. The summed E-state index contributed by atoms with van der Waals surface area (Å²) in [6, 6.07) is 12.7. The third kappa shape index (κ3) is 5.30. The van der Waals surface area contributed by atoms with Crippen molar-refractivity contribution in [3.63, 3.8) is 0 Å². The van der Waals surface area contributed by atoms with Gasteiger partial charge in [-0.2, -0.15) is 0 Å². The molecule has 0 radical (unpaired) electrons. The van der Waals surface area contributed by atoms with Crippen molar-refractivity contribution < 1.29 is 22.7 Å². The molecule has 2 rings (SSSR count). The Labute approximate surface area is 159 Å². The second kappa shape index (κ2) is 8.68. The highest BCUT2D eigenvalue weighted by Crippen LogP contribution is 2.22. The molecule has 0 spiro atoms. The molecule has 0 heterocycles. The van der Waals surface area contributed by atoms with Crippen LogP contribution in [0.3, 0.4) is 0 Å². The molecule has 0 aliphatic rings. The molecule has 0 fully saturated rings. The Morgan fingerprint density at radius 3 is 2.30 bits per heavy atom. The van der Waals surface area contributed by atoms with Crippen molar-refractivity contribution in [2.75, 3.05) is 29.5 Å². The van der Waals surface area contributed by atoms with Gasteiger partial charge in [0.25, 0.3) is 5.91 Å². The number of carbonyl (C=O) groups is 2. The van der Waals surface area contributed by atoms with Gasteiger partial charge in [-0.25, -0.2) is 13.2 Å². The molecule has 144 valence electrons. The summed E-state index contributed by atoms with van der Waals surface area (Å²) in [6.45, 7) is 2.26. The molecular weight excluding hydrogens is 368 g/mol. The SMILES string of the molecule is CCCOC(=O)c1ccc(NC(=O)c2ccccc2N(C)S(C)(=O)=O)cc1. The molecule has 0 aliphatic carbocycles. The predicted molar refractivity (Wildman–Crippen MR) is 105 cm³/mol. The number of hydrogen-bond acceptors (Lipinski definition) is 5. The van der Waals surface area contributed by atoms with Crippen molar-refractivity contribution in [3.05, 3.63) is 59.7 Å². The van der Waals surface area contributed by atoms with Gasteiger partial charge in [0.05, 0.1) is 29.7 Å². The maximum atomic E-state index is 12.6. The van der Waals surface area contributed by atoms with E-state index in [1.165, 1.54) is 7.05 Å². The van der Waals surface area contributed by atoms with Crippen LogP contribution >= 0.6 is 0 Å². The lowest BCUT2D eigenvalue weighted by Crippen LogP contribution is -2.27. The van der Waals surface area contributed by atoms with E-state index in [4.69, 9.17) is 4.74 Å². The van der Waals surface area contributed by atoms with Crippen LogP contribution in [0.1, 0.15) is 34.1 Å². The first-order valence-electron chi connectivity index (χ1n) is 8.35. The average molecular weight is 390 g/mol. The van der Waals surface area contributed by atoms with Gasteiger partial charge in [0.15, 0.2) is 0 Å². The predicted octanol–water partition coefficient (Wildman–Crippen LogP) is 2.90. The zero-order chi connectivity index (χ0) is 20.0. The van der Waals surface area contributed by atoms with Crippen LogP contribution in [-0.4, -0.2) is 40.2 Å². The van der Waals surface area contributed by atoms with Crippen LogP contribution in [0.5, 0.6) is 0 Å². The van der Waals surface area contributed by atoms with Gasteiger partial charge in [0.2, 0.25) is 10.0 Å². The number of amides is 1. The molecule has 0 bridgehead atoms. The van der Waals surface area contributed by atoms with Gasteiger partial charge in [0.1, 0.15) is 0 Å². The molecule has 0 saturated heterocycles. The fourth-order valence-corrected chi connectivity index (χ4v) is 2.80. The summed E-state index contributed by atoms with van der Waals surface area (Å²) in [6.07, 6.45) is 1.80. The summed E-state index contributed by atoms with van der Waals surface area (Å²) in [7, 11) is -2.12. The lowest BCUT2D eigenvalue weighted by Gasteiger charge is -2.19. The number of sulfonamides is 1. The molecule has 8 heteroatoms. The highest BCUT2D eigenvalue weighted by Gasteiger charge is 2.19. The summed E-state index contributed by atoms with van der Waals surface area (Å²) >= 11 is 0. The number of hydrogen-bond donors (Lipinski definition) is 1. The molecular formula is C19H22N2O5S. The summed E-state index contributed by atoms with van der Waals surface area (Å²) in [5.74, 6) is -0.878. The summed E-state index contributed by atoms with van der Waals surface area (Å²) in [4.78, 5) is 24.4. The smallest absolute Gasteiger partial charge is 0.338 e. The van der Waals surface area contributed by atoms with E-state index in [-0.39, 0.29) is 11.3 Å². The van der Waals surface area contributed by atoms with Crippen LogP contribution in [0.15, 0.2) is 48.5 Å². The number of nitrogens with one attached hydrogen (secondary N) is 1. The Morgan fingerprint density at radius 2 is 1.70 bits per heavy atom. The topological polar surface area (TPSA) is 92.8 Å².